The van der Waals surface area contributed by atoms with Gasteiger partial charge in [0, 0.05) is 11.4 Å². The maximum atomic E-state index is 5.18. The molecule has 16 heavy (non-hydrogen) atoms. The van der Waals surface area contributed by atoms with E-state index in [9.17, 15) is 0 Å². The van der Waals surface area contributed by atoms with E-state index in [0.29, 0.717) is 0 Å². The molecule has 0 aromatic heterocycles. The van der Waals surface area contributed by atoms with Gasteiger partial charge in [0.05, 0.1) is 0 Å². The molecule has 1 saturated carbocycles. The largest absolute Gasteiger partial charge is 0.388 e. The lowest BCUT2D eigenvalue weighted by Gasteiger charge is -2.13. The zero-order chi connectivity index (χ0) is 11.8. The van der Waals surface area contributed by atoms with Crippen molar-refractivity contribution in [2.45, 2.75) is 25.7 Å². The fraction of sp³-hybridized carbons (Fsp3) is 0.500. The summed E-state index contributed by atoms with van der Waals surface area (Å²) < 4.78 is 0. The molecule has 1 fully saturated rings. The van der Waals surface area contributed by atoms with Gasteiger partial charge in [-0.2, -0.15) is 15.7 Å². The van der Waals surface area contributed by atoms with Gasteiger partial charge in [0.1, 0.15) is 6.34 Å². The Hall–Kier alpha value is -2.12. The average molecular weight is 224 g/mol. The van der Waals surface area contributed by atoms with Crippen LogP contribution in [0, 0.1) is 0 Å². The number of hydrogen-bond donors (Lipinski definition) is 4. The quantitative estimate of drug-likeness (QED) is 0.278. The lowest BCUT2D eigenvalue weighted by atomic mass is 9.97. The summed E-state index contributed by atoms with van der Waals surface area (Å²) in [5, 5.41) is 15.2. The molecule has 0 radical (unpaired) electrons. The first-order valence-corrected chi connectivity index (χ1v) is 4.90. The molecule has 0 unspecified atom stereocenters. The maximum absolute atomic E-state index is 5.18. The van der Waals surface area contributed by atoms with Crippen molar-refractivity contribution in [3.8, 4) is 0 Å². The maximum Gasteiger partial charge on any atom is 0.211 e. The van der Waals surface area contributed by atoms with E-state index >= 15 is 0 Å². The first-order valence-electron chi connectivity index (χ1n) is 4.90. The molecule has 8 heteroatoms. The van der Waals surface area contributed by atoms with E-state index < -0.39 is 0 Å². The van der Waals surface area contributed by atoms with Crippen LogP contribution in [0.5, 0.6) is 0 Å². The first-order chi connectivity index (χ1) is 7.72. The minimum Gasteiger partial charge on any atom is -0.388 e. The van der Waals surface area contributed by atoms with Gasteiger partial charge in [0.2, 0.25) is 5.96 Å². The Morgan fingerprint density at radius 3 is 2.31 bits per heavy atom. The van der Waals surface area contributed by atoms with Crippen molar-refractivity contribution in [2.24, 2.45) is 37.6 Å². The zero-order valence-corrected chi connectivity index (χ0v) is 8.93. The molecule has 0 atom stereocenters. The van der Waals surface area contributed by atoms with E-state index in [-0.39, 0.29) is 5.96 Å². The highest BCUT2D eigenvalue weighted by Gasteiger charge is 2.12. The summed E-state index contributed by atoms with van der Waals surface area (Å²) in [5.41, 5.74) is 19.9. The average Bonchev–Trinajstić information content (AvgIpc) is 2.28. The van der Waals surface area contributed by atoms with Crippen LogP contribution in [-0.2, 0) is 0 Å². The standard InChI is InChI=1S/C8H16N8/c9-5-12-16-14-7-3-1-6(2-4-7)13-15-8(10)11/h5,16H,1-4H2,(H2,9,12)(H4,10,11,15). The second-order valence-corrected chi connectivity index (χ2v) is 3.25. The molecule has 0 spiro atoms. The van der Waals surface area contributed by atoms with Gasteiger partial charge in [-0.15, -0.1) is 10.2 Å². The van der Waals surface area contributed by atoms with Crippen molar-refractivity contribution in [1.82, 2.24) is 5.53 Å². The predicted molar refractivity (Wildman–Crippen MR) is 65.0 cm³/mol. The summed E-state index contributed by atoms with van der Waals surface area (Å²) in [6, 6.07) is 0. The van der Waals surface area contributed by atoms with Gasteiger partial charge in [-0.1, -0.05) is 0 Å². The Morgan fingerprint density at radius 1 is 1.12 bits per heavy atom. The highest BCUT2D eigenvalue weighted by Crippen LogP contribution is 2.13. The van der Waals surface area contributed by atoms with Gasteiger partial charge in [-0.25, -0.2) is 0 Å². The monoisotopic (exact) mass is 224 g/mol. The number of rotatable bonds is 3. The third-order valence-corrected chi connectivity index (χ3v) is 2.05. The Kier molecular flexibility index (Phi) is 4.77. The normalized spacial score (nSPS) is 16.0. The lowest BCUT2D eigenvalue weighted by Crippen LogP contribution is -2.22. The van der Waals surface area contributed by atoms with Crippen LogP contribution >= 0.6 is 0 Å². The minimum atomic E-state index is -0.0223. The third kappa shape index (κ3) is 4.40. The van der Waals surface area contributed by atoms with Crippen LogP contribution in [0.25, 0.3) is 0 Å². The van der Waals surface area contributed by atoms with E-state index in [2.05, 4.69) is 25.9 Å². The van der Waals surface area contributed by atoms with Gasteiger partial charge < -0.3 is 17.2 Å². The highest BCUT2D eigenvalue weighted by atomic mass is 15.5. The van der Waals surface area contributed by atoms with Gasteiger partial charge >= 0.3 is 0 Å². The summed E-state index contributed by atoms with van der Waals surface area (Å²) in [7, 11) is 0. The third-order valence-electron chi connectivity index (χ3n) is 2.05. The molecular formula is C8H16N8. The Morgan fingerprint density at radius 2 is 1.75 bits per heavy atom. The van der Waals surface area contributed by atoms with E-state index in [1.165, 1.54) is 0 Å². The topological polar surface area (TPSA) is 140 Å². The number of nitrogens with zero attached hydrogens (tertiary/aromatic N) is 4. The van der Waals surface area contributed by atoms with E-state index in [0.717, 1.165) is 43.4 Å². The van der Waals surface area contributed by atoms with Crippen molar-refractivity contribution in [3.05, 3.63) is 0 Å². The second-order valence-electron chi connectivity index (χ2n) is 3.25. The highest BCUT2D eigenvalue weighted by molar-refractivity contribution is 5.98. The van der Waals surface area contributed by atoms with Gasteiger partial charge in [-0.3, -0.25) is 0 Å². The Balaban J connectivity index is 2.42. The molecule has 7 N–H and O–H groups in total. The fourth-order valence-electron chi connectivity index (χ4n) is 1.30. The first kappa shape index (κ1) is 12.0. The SMILES string of the molecule is N/C=N\NN=C1CCC(=NN=C(N)N)CC1. The molecule has 0 saturated heterocycles. The van der Waals surface area contributed by atoms with Crippen molar-refractivity contribution in [2.75, 3.05) is 0 Å². The number of hydrogen-bond acceptors (Lipinski definition) is 5. The molecular weight excluding hydrogens is 208 g/mol. The van der Waals surface area contributed by atoms with Crippen molar-refractivity contribution in [1.29, 1.82) is 0 Å². The predicted octanol–water partition coefficient (Wildman–Crippen LogP) is -0.963. The van der Waals surface area contributed by atoms with Gasteiger partial charge in [0.15, 0.2) is 0 Å². The summed E-state index contributed by atoms with van der Waals surface area (Å²) in [6.07, 6.45) is 4.42. The van der Waals surface area contributed by atoms with Crippen LogP contribution in [0.1, 0.15) is 25.7 Å². The molecule has 1 aliphatic rings. The summed E-state index contributed by atoms with van der Waals surface area (Å²) >= 11 is 0. The van der Waals surface area contributed by atoms with E-state index in [4.69, 9.17) is 17.2 Å². The van der Waals surface area contributed by atoms with Crippen molar-refractivity contribution >= 4 is 23.7 Å². The van der Waals surface area contributed by atoms with Crippen molar-refractivity contribution in [3.63, 3.8) is 0 Å². The van der Waals surface area contributed by atoms with Crippen LogP contribution in [-0.4, -0.2) is 23.7 Å². The lowest BCUT2D eigenvalue weighted by molar-refractivity contribution is 0.785. The number of guanidine groups is 1. The summed E-state index contributed by atoms with van der Waals surface area (Å²) in [6.45, 7) is 0. The molecule has 0 heterocycles. The summed E-state index contributed by atoms with van der Waals surface area (Å²) in [4.78, 5) is 0. The molecule has 1 aliphatic carbocycles. The fourth-order valence-corrected chi connectivity index (χ4v) is 1.30. The van der Waals surface area contributed by atoms with Crippen LogP contribution in [0.15, 0.2) is 20.4 Å². The molecule has 8 nitrogen and oxygen atoms in total. The smallest absolute Gasteiger partial charge is 0.211 e. The van der Waals surface area contributed by atoms with Crippen LogP contribution in [0.3, 0.4) is 0 Å². The van der Waals surface area contributed by atoms with E-state index in [1.54, 1.807) is 0 Å². The molecule has 0 bridgehead atoms. The van der Waals surface area contributed by atoms with Gasteiger partial charge in [-0.05, 0) is 25.7 Å². The minimum absolute atomic E-state index is 0.0223. The molecule has 0 aliphatic heterocycles. The molecule has 0 aromatic carbocycles. The van der Waals surface area contributed by atoms with Gasteiger partial charge in [0.25, 0.3) is 0 Å². The molecule has 0 amide bonds. The Bertz CT molecular complexity index is 324. The number of nitrogens with one attached hydrogen (secondary N) is 1. The van der Waals surface area contributed by atoms with E-state index in [1.807, 2.05) is 0 Å². The Labute approximate surface area is 93.3 Å². The second kappa shape index (κ2) is 6.38. The number of nitrogens with two attached hydrogens (primary N) is 3. The number of hydrazone groups is 2. The molecule has 0 aromatic rings. The molecule has 1 rings (SSSR count). The molecule has 88 valence electrons. The van der Waals surface area contributed by atoms with Crippen LogP contribution in [0.4, 0.5) is 0 Å². The van der Waals surface area contributed by atoms with Crippen LogP contribution < -0.4 is 22.7 Å². The van der Waals surface area contributed by atoms with Crippen molar-refractivity contribution < 1.29 is 0 Å². The zero-order valence-electron chi connectivity index (χ0n) is 8.93. The summed E-state index contributed by atoms with van der Waals surface area (Å²) in [5.74, 6) is -0.0223. The van der Waals surface area contributed by atoms with Crippen LogP contribution in [0.2, 0.25) is 0 Å².